The van der Waals surface area contributed by atoms with Gasteiger partial charge >= 0.3 is 0 Å². The van der Waals surface area contributed by atoms with Crippen LogP contribution in [0.1, 0.15) is 12.0 Å². The minimum atomic E-state index is -0.0231. The van der Waals surface area contributed by atoms with Crippen LogP contribution < -0.4 is 18.9 Å². The molecule has 3 aliphatic rings. The van der Waals surface area contributed by atoms with Gasteiger partial charge in [-0.1, -0.05) is 5.16 Å². The summed E-state index contributed by atoms with van der Waals surface area (Å²) in [6, 6.07) is 1.94. The number of ether oxygens (including phenoxy) is 5. The summed E-state index contributed by atoms with van der Waals surface area (Å²) in [6.07, 6.45) is 1.44. The molecule has 0 amide bonds. The van der Waals surface area contributed by atoms with Crippen molar-refractivity contribution in [1.82, 2.24) is 4.90 Å². The highest BCUT2D eigenvalue weighted by molar-refractivity contribution is 5.87. The summed E-state index contributed by atoms with van der Waals surface area (Å²) in [7, 11) is 3.22. The molecule has 0 saturated carbocycles. The average Bonchev–Trinajstić information content (AvgIpc) is 3.30. The van der Waals surface area contributed by atoms with Gasteiger partial charge in [0, 0.05) is 38.0 Å². The van der Waals surface area contributed by atoms with E-state index in [2.05, 4.69) is 10.1 Å². The topological polar surface area (TPSA) is 71.0 Å². The molecule has 0 spiro atoms. The maximum atomic E-state index is 5.67. The Labute approximate surface area is 152 Å². The van der Waals surface area contributed by atoms with Crippen LogP contribution in [0.4, 0.5) is 0 Å². The Kier molecular flexibility index (Phi) is 5.03. The summed E-state index contributed by atoms with van der Waals surface area (Å²) >= 11 is 0. The zero-order valence-electron chi connectivity index (χ0n) is 15.2. The molecule has 0 aliphatic carbocycles. The first-order valence-electron chi connectivity index (χ1n) is 8.83. The number of rotatable bonds is 6. The summed E-state index contributed by atoms with van der Waals surface area (Å²) in [5.74, 6) is 2.47. The van der Waals surface area contributed by atoms with E-state index < -0.39 is 0 Å². The molecule has 1 aromatic rings. The van der Waals surface area contributed by atoms with E-state index in [0.717, 1.165) is 50.5 Å². The largest absolute Gasteiger partial charge is 0.492 e. The van der Waals surface area contributed by atoms with Gasteiger partial charge in [-0.2, -0.15) is 0 Å². The Morgan fingerprint density at radius 1 is 1.15 bits per heavy atom. The first kappa shape index (κ1) is 17.2. The second kappa shape index (κ2) is 7.59. The van der Waals surface area contributed by atoms with Crippen LogP contribution in [0.5, 0.6) is 23.0 Å². The standard InChI is InChI=1S/C18H24N2O6/c1-21-16-12(8-15-17(18(16)22-2)25-11-24-15)7-14-9-13(19-26-14)10-20-3-5-23-6-4-20/h8,14H,3-7,9-11H2,1-2H3/t14-/m0/s1. The lowest BCUT2D eigenvalue weighted by Crippen LogP contribution is -2.39. The number of methoxy groups -OCH3 is 2. The third kappa shape index (κ3) is 3.39. The molecular formula is C18H24N2O6. The lowest BCUT2D eigenvalue weighted by Gasteiger charge is -2.26. The summed E-state index contributed by atoms with van der Waals surface area (Å²) in [5, 5.41) is 4.28. The molecule has 3 aliphatic heterocycles. The summed E-state index contributed by atoms with van der Waals surface area (Å²) in [4.78, 5) is 8.01. The van der Waals surface area contributed by atoms with Crippen molar-refractivity contribution in [3.05, 3.63) is 11.6 Å². The van der Waals surface area contributed by atoms with Crippen LogP contribution >= 0.6 is 0 Å². The van der Waals surface area contributed by atoms with Gasteiger partial charge in [0.2, 0.25) is 18.3 Å². The number of hydrogen-bond donors (Lipinski definition) is 0. The monoisotopic (exact) mass is 364 g/mol. The number of nitrogens with zero attached hydrogens (tertiary/aromatic N) is 2. The number of fused-ring (bicyclic) bond motifs is 1. The van der Waals surface area contributed by atoms with E-state index in [9.17, 15) is 0 Å². The highest BCUT2D eigenvalue weighted by Gasteiger charge is 2.30. The fourth-order valence-electron chi connectivity index (χ4n) is 3.56. The Bertz CT molecular complexity index is 687. The number of hydrogen-bond acceptors (Lipinski definition) is 8. The first-order chi connectivity index (χ1) is 12.8. The molecule has 1 atom stereocenters. The molecule has 0 aromatic heterocycles. The average molecular weight is 364 g/mol. The highest BCUT2D eigenvalue weighted by Crippen LogP contribution is 2.49. The fraction of sp³-hybridized carbons (Fsp3) is 0.611. The summed E-state index contributed by atoms with van der Waals surface area (Å²) in [6.45, 7) is 4.47. The van der Waals surface area contributed by atoms with Crippen LogP contribution in [0.25, 0.3) is 0 Å². The van der Waals surface area contributed by atoms with Crippen LogP contribution in [-0.4, -0.2) is 70.6 Å². The van der Waals surface area contributed by atoms with Crippen LogP contribution in [0.3, 0.4) is 0 Å². The lowest BCUT2D eigenvalue weighted by atomic mass is 10.0. The maximum absolute atomic E-state index is 5.67. The molecule has 1 fully saturated rings. The van der Waals surface area contributed by atoms with Crippen LogP contribution in [0.15, 0.2) is 11.2 Å². The molecule has 3 heterocycles. The summed E-state index contributed by atoms with van der Waals surface area (Å²) < 4.78 is 27.5. The quantitative estimate of drug-likeness (QED) is 0.757. The van der Waals surface area contributed by atoms with Crippen LogP contribution in [0.2, 0.25) is 0 Å². The normalized spacial score (nSPS) is 22.1. The van der Waals surface area contributed by atoms with Crippen molar-refractivity contribution in [3.63, 3.8) is 0 Å². The molecule has 142 valence electrons. The van der Waals surface area contributed by atoms with Crippen molar-refractivity contribution in [2.24, 2.45) is 5.16 Å². The smallest absolute Gasteiger partial charge is 0.231 e. The fourth-order valence-corrected chi connectivity index (χ4v) is 3.56. The first-order valence-corrected chi connectivity index (χ1v) is 8.83. The van der Waals surface area contributed by atoms with Crippen molar-refractivity contribution in [3.8, 4) is 23.0 Å². The number of benzene rings is 1. The molecule has 26 heavy (non-hydrogen) atoms. The highest BCUT2D eigenvalue weighted by atomic mass is 16.7. The second-order valence-electron chi connectivity index (χ2n) is 6.52. The molecule has 8 heteroatoms. The van der Waals surface area contributed by atoms with Crippen molar-refractivity contribution in [1.29, 1.82) is 0 Å². The predicted octanol–water partition coefficient (Wildman–Crippen LogP) is 1.45. The molecule has 0 N–H and O–H groups in total. The molecule has 4 rings (SSSR count). The number of morpholine rings is 1. The number of oxime groups is 1. The van der Waals surface area contributed by atoms with Gasteiger partial charge in [0.25, 0.3) is 0 Å². The van der Waals surface area contributed by atoms with E-state index >= 15 is 0 Å². The zero-order valence-corrected chi connectivity index (χ0v) is 15.2. The van der Waals surface area contributed by atoms with Gasteiger partial charge in [-0.3, -0.25) is 4.90 Å². The molecule has 1 saturated heterocycles. The third-order valence-corrected chi connectivity index (χ3v) is 4.81. The van der Waals surface area contributed by atoms with Gasteiger partial charge in [-0.05, 0) is 6.07 Å². The van der Waals surface area contributed by atoms with Gasteiger partial charge < -0.3 is 28.5 Å². The van der Waals surface area contributed by atoms with Crippen LogP contribution in [-0.2, 0) is 16.0 Å². The SMILES string of the molecule is COc1c(C[C@H]2CC(CN3CCOCC3)=NO2)cc2c(c1OC)OCO2. The van der Waals surface area contributed by atoms with E-state index in [1.165, 1.54) is 0 Å². The van der Waals surface area contributed by atoms with E-state index in [0.29, 0.717) is 29.4 Å². The zero-order chi connectivity index (χ0) is 17.9. The Morgan fingerprint density at radius 2 is 1.96 bits per heavy atom. The van der Waals surface area contributed by atoms with Crippen molar-refractivity contribution in [2.75, 3.05) is 53.9 Å². The molecular weight excluding hydrogens is 340 g/mol. The maximum Gasteiger partial charge on any atom is 0.231 e. The van der Waals surface area contributed by atoms with Crippen molar-refractivity contribution in [2.45, 2.75) is 18.9 Å². The Morgan fingerprint density at radius 3 is 2.73 bits per heavy atom. The minimum Gasteiger partial charge on any atom is -0.492 e. The van der Waals surface area contributed by atoms with Crippen LogP contribution in [0, 0.1) is 0 Å². The third-order valence-electron chi connectivity index (χ3n) is 4.81. The van der Waals surface area contributed by atoms with Gasteiger partial charge in [0.05, 0.1) is 33.1 Å². The van der Waals surface area contributed by atoms with Gasteiger partial charge in [-0.25, -0.2) is 0 Å². The molecule has 0 unspecified atom stereocenters. The van der Waals surface area contributed by atoms with E-state index in [1.54, 1.807) is 14.2 Å². The lowest BCUT2D eigenvalue weighted by molar-refractivity contribution is 0.0450. The second-order valence-corrected chi connectivity index (χ2v) is 6.52. The Hall–Kier alpha value is -2.19. The van der Waals surface area contributed by atoms with Crippen molar-refractivity contribution >= 4 is 5.71 Å². The minimum absolute atomic E-state index is 0.0231. The Balaban J connectivity index is 1.43. The molecule has 0 bridgehead atoms. The van der Waals surface area contributed by atoms with Crippen molar-refractivity contribution < 1.29 is 28.5 Å². The summed E-state index contributed by atoms with van der Waals surface area (Å²) in [5.41, 5.74) is 2.03. The van der Waals surface area contributed by atoms with Gasteiger partial charge in [0.15, 0.2) is 11.5 Å². The van der Waals surface area contributed by atoms with E-state index in [-0.39, 0.29) is 12.9 Å². The van der Waals surface area contributed by atoms with E-state index in [4.69, 9.17) is 28.5 Å². The molecule has 8 nitrogen and oxygen atoms in total. The van der Waals surface area contributed by atoms with Gasteiger partial charge in [-0.15, -0.1) is 0 Å². The predicted molar refractivity (Wildman–Crippen MR) is 93.6 cm³/mol. The molecule has 1 aromatic carbocycles. The molecule has 0 radical (unpaired) electrons. The van der Waals surface area contributed by atoms with Gasteiger partial charge in [0.1, 0.15) is 6.10 Å². The van der Waals surface area contributed by atoms with E-state index in [1.807, 2.05) is 6.07 Å².